The van der Waals surface area contributed by atoms with Crippen molar-refractivity contribution in [2.45, 2.75) is 13.0 Å². The van der Waals surface area contributed by atoms with Gasteiger partial charge in [0.05, 0.1) is 13.7 Å². The summed E-state index contributed by atoms with van der Waals surface area (Å²) in [5.74, 6) is 2.31. The number of methoxy groups -OCH3 is 1. The van der Waals surface area contributed by atoms with Crippen LogP contribution in [0.2, 0.25) is 0 Å². The van der Waals surface area contributed by atoms with Crippen LogP contribution in [-0.4, -0.2) is 20.3 Å². The third kappa shape index (κ3) is 4.13. The van der Waals surface area contributed by atoms with Gasteiger partial charge >= 0.3 is 0 Å². The molecule has 112 valence electrons. The molecule has 0 amide bonds. The van der Waals surface area contributed by atoms with Crippen molar-refractivity contribution >= 4 is 0 Å². The molecule has 4 heteroatoms. The van der Waals surface area contributed by atoms with E-state index < -0.39 is 0 Å². The van der Waals surface area contributed by atoms with E-state index in [4.69, 9.17) is 19.9 Å². The van der Waals surface area contributed by atoms with Crippen molar-refractivity contribution in [3.8, 4) is 17.2 Å². The summed E-state index contributed by atoms with van der Waals surface area (Å²) in [6, 6.07) is 15.3. The van der Waals surface area contributed by atoms with Gasteiger partial charge in [-0.2, -0.15) is 0 Å². The van der Waals surface area contributed by atoms with Crippen LogP contribution in [0.25, 0.3) is 0 Å². The largest absolute Gasteiger partial charge is 0.497 e. The van der Waals surface area contributed by atoms with E-state index in [-0.39, 0.29) is 6.10 Å². The molecule has 21 heavy (non-hydrogen) atoms. The number of ether oxygens (including phenoxy) is 3. The molecule has 0 bridgehead atoms. The molecule has 0 aliphatic heterocycles. The van der Waals surface area contributed by atoms with Gasteiger partial charge < -0.3 is 19.9 Å². The van der Waals surface area contributed by atoms with Gasteiger partial charge in [-0.05, 0) is 36.8 Å². The zero-order valence-electron chi connectivity index (χ0n) is 12.4. The Kier molecular flexibility index (Phi) is 5.46. The maximum Gasteiger partial charge on any atom is 0.136 e. The molecule has 0 saturated heterocycles. The molecule has 0 aromatic heterocycles. The van der Waals surface area contributed by atoms with Gasteiger partial charge in [-0.1, -0.05) is 18.2 Å². The maximum absolute atomic E-state index is 5.98. The normalized spacial score (nSPS) is 11.8. The molecule has 0 radical (unpaired) electrons. The van der Waals surface area contributed by atoms with E-state index in [1.54, 1.807) is 7.11 Å². The quantitative estimate of drug-likeness (QED) is 0.850. The predicted octanol–water partition coefficient (Wildman–Crippen LogP) is 3.17. The first-order chi connectivity index (χ1) is 10.3. The SMILES string of the molecule is CCOc1cccc(OC(CN)c2cccc(OC)c2)c1. The average Bonchev–Trinajstić information content (AvgIpc) is 2.53. The Bertz CT molecular complexity index is 571. The fourth-order valence-corrected chi connectivity index (χ4v) is 2.06. The van der Waals surface area contributed by atoms with Crippen LogP contribution in [0.3, 0.4) is 0 Å². The van der Waals surface area contributed by atoms with E-state index in [1.807, 2.05) is 55.5 Å². The fraction of sp³-hybridized carbons (Fsp3) is 0.294. The molecule has 0 saturated carbocycles. The molecule has 0 fully saturated rings. The maximum atomic E-state index is 5.98. The Balaban J connectivity index is 2.16. The molecular weight excluding hydrogens is 266 g/mol. The summed E-state index contributed by atoms with van der Waals surface area (Å²) in [6.45, 7) is 2.96. The molecule has 2 N–H and O–H groups in total. The van der Waals surface area contributed by atoms with Crippen LogP contribution >= 0.6 is 0 Å². The van der Waals surface area contributed by atoms with E-state index in [2.05, 4.69) is 0 Å². The molecule has 1 atom stereocenters. The van der Waals surface area contributed by atoms with Crippen molar-refractivity contribution in [3.05, 3.63) is 54.1 Å². The number of hydrogen-bond acceptors (Lipinski definition) is 4. The van der Waals surface area contributed by atoms with E-state index in [9.17, 15) is 0 Å². The van der Waals surface area contributed by atoms with Crippen molar-refractivity contribution in [3.63, 3.8) is 0 Å². The fourth-order valence-electron chi connectivity index (χ4n) is 2.06. The molecule has 4 nitrogen and oxygen atoms in total. The molecule has 2 aromatic carbocycles. The van der Waals surface area contributed by atoms with Gasteiger partial charge in [0.25, 0.3) is 0 Å². The minimum absolute atomic E-state index is 0.225. The van der Waals surface area contributed by atoms with Gasteiger partial charge in [0.1, 0.15) is 23.4 Å². The Hall–Kier alpha value is -2.20. The highest BCUT2D eigenvalue weighted by Crippen LogP contribution is 2.26. The smallest absolute Gasteiger partial charge is 0.136 e. The van der Waals surface area contributed by atoms with Gasteiger partial charge in [-0.3, -0.25) is 0 Å². The Morgan fingerprint density at radius 1 is 1.00 bits per heavy atom. The van der Waals surface area contributed by atoms with Crippen LogP contribution in [-0.2, 0) is 0 Å². The van der Waals surface area contributed by atoms with Crippen LogP contribution in [0.15, 0.2) is 48.5 Å². The second-order valence-electron chi connectivity index (χ2n) is 4.53. The topological polar surface area (TPSA) is 53.7 Å². The molecular formula is C17H21NO3. The molecule has 0 aliphatic rings. The van der Waals surface area contributed by atoms with Crippen molar-refractivity contribution in [2.75, 3.05) is 20.3 Å². The van der Waals surface area contributed by atoms with Gasteiger partial charge in [-0.25, -0.2) is 0 Å². The van der Waals surface area contributed by atoms with E-state index in [0.717, 1.165) is 22.8 Å². The Morgan fingerprint density at radius 2 is 1.71 bits per heavy atom. The molecule has 2 rings (SSSR count). The lowest BCUT2D eigenvalue weighted by atomic mass is 10.1. The first kappa shape index (κ1) is 15.2. The molecule has 2 aromatic rings. The van der Waals surface area contributed by atoms with E-state index >= 15 is 0 Å². The summed E-state index contributed by atoms with van der Waals surface area (Å²) in [6.07, 6.45) is -0.225. The average molecular weight is 287 g/mol. The van der Waals surface area contributed by atoms with E-state index in [1.165, 1.54) is 0 Å². The standard InChI is InChI=1S/C17H21NO3/c1-3-20-15-8-5-9-16(11-15)21-17(12-18)13-6-4-7-14(10-13)19-2/h4-11,17H,3,12,18H2,1-2H3. The third-order valence-corrected chi connectivity index (χ3v) is 3.07. The van der Waals surface area contributed by atoms with Crippen LogP contribution < -0.4 is 19.9 Å². The van der Waals surface area contributed by atoms with Crippen LogP contribution in [0.1, 0.15) is 18.6 Å². The van der Waals surface area contributed by atoms with Crippen LogP contribution in [0.4, 0.5) is 0 Å². The van der Waals surface area contributed by atoms with Gasteiger partial charge in [0.2, 0.25) is 0 Å². The Labute approximate surface area is 125 Å². The van der Waals surface area contributed by atoms with Crippen LogP contribution in [0, 0.1) is 0 Å². The summed E-state index contributed by atoms with van der Waals surface area (Å²) >= 11 is 0. The lowest BCUT2D eigenvalue weighted by Gasteiger charge is -2.19. The monoisotopic (exact) mass is 287 g/mol. The minimum Gasteiger partial charge on any atom is -0.497 e. The predicted molar refractivity (Wildman–Crippen MR) is 83.0 cm³/mol. The summed E-state index contributed by atoms with van der Waals surface area (Å²) in [4.78, 5) is 0. The zero-order valence-corrected chi connectivity index (χ0v) is 12.4. The molecule has 0 spiro atoms. The second kappa shape index (κ2) is 7.55. The molecule has 0 aliphatic carbocycles. The highest BCUT2D eigenvalue weighted by molar-refractivity contribution is 5.35. The highest BCUT2D eigenvalue weighted by atomic mass is 16.5. The van der Waals surface area contributed by atoms with Crippen LogP contribution in [0.5, 0.6) is 17.2 Å². The third-order valence-electron chi connectivity index (χ3n) is 3.07. The first-order valence-electron chi connectivity index (χ1n) is 7.00. The second-order valence-corrected chi connectivity index (χ2v) is 4.53. The first-order valence-corrected chi connectivity index (χ1v) is 7.00. The summed E-state index contributed by atoms with van der Waals surface area (Å²) in [7, 11) is 1.64. The Morgan fingerprint density at radius 3 is 2.43 bits per heavy atom. The van der Waals surface area contributed by atoms with Crippen molar-refractivity contribution < 1.29 is 14.2 Å². The van der Waals surface area contributed by atoms with Crippen molar-refractivity contribution in [1.82, 2.24) is 0 Å². The molecule has 0 heterocycles. The van der Waals surface area contributed by atoms with Gasteiger partial charge in [0.15, 0.2) is 0 Å². The number of hydrogen-bond donors (Lipinski definition) is 1. The lowest BCUT2D eigenvalue weighted by molar-refractivity contribution is 0.212. The van der Waals surface area contributed by atoms with Crippen molar-refractivity contribution in [1.29, 1.82) is 0 Å². The number of benzene rings is 2. The number of nitrogens with two attached hydrogens (primary N) is 1. The van der Waals surface area contributed by atoms with Gasteiger partial charge in [0, 0.05) is 12.6 Å². The van der Waals surface area contributed by atoms with Gasteiger partial charge in [-0.15, -0.1) is 0 Å². The minimum atomic E-state index is -0.225. The lowest BCUT2D eigenvalue weighted by Crippen LogP contribution is -2.18. The highest BCUT2D eigenvalue weighted by Gasteiger charge is 2.12. The zero-order chi connectivity index (χ0) is 15.1. The van der Waals surface area contributed by atoms with E-state index in [0.29, 0.717) is 13.2 Å². The summed E-state index contributed by atoms with van der Waals surface area (Å²) in [5.41, 5.74) is 6.83. The summed E-state index contributed by atoms with van der Waals surface area (Å²) in [5, 5.41) is 0. The molecule has 1 unspecified atom stereocenters. The summed E-state index contributed by atoms with van der Waals surface area (Å²) < 4.78 is 16.7. The van der Waals surface area contributed by atoms with Crippen molar-refractivity contribution in [2.24, 2.45) is 5.73 Å². The number of rotatable bonds is 7.